The summed E-state index contributed by atoms with van der Waals surface area (Å²) in [6.45, 7) is 4.38. The van der Waals surface area contributed by atoms with Crippen LogP contribution in [-0.2, 0) is 26.1 Å². The Morgan fingerprint density at radius 3 is 2.78 bits per heavy atom. The van der Waals surface area contributed by atoms with Crippen molar-refractivity contribution in [1.29, 1.82) is 0 Å². The van der Waals surface area contributed by atoms with Crippen LogP contribution in [0.25, 0.3) is 0 Å². The molecule has 120 valence electrons. The molecule has 6 nitrogen and oxygen atoms in total. The zero-order chi connectivity index (χ0) is 16.1. The molecule has 0 atom stereocenters. The van der Waals surface area contributed by atoms with E-state index < -0.39 is 0 Å². The van der Waals surface area contributed by atoms with Gasteiger partial charge in [0.25, 0.3) is 0 Å². The molecule has 0 radical (unpaired) electrons. The first-order chi connectivity index (χ1) is 11.3. The van der Waals surface area contributed by atoms with E-state index in [9.17, 15) is 0 Å². The summed E-state index contributed by atoms with van der Waals surface area (Å²) in [6.07, 6.45) is 4.44. The van der Waals surface area contributed by atoms with Gasteiger partial charge in [-0.1, -0.05) is 47.6 Å². The Morgan fingerprint density at radius 2 is 2.00 bits per heavy atom. The van der Waals surface area contributed by atoms with Gasteiger partial charge in [-0.15, -0.1) is 5.10 Å². The summed E-state index contributed by atoms with van der Waals surface area (Å²) >= 11 is 0. The largest absolute Gasteiger partial charge is 0.364 e. The van der Waals surface area contributed by atoms with Crippen LogP contribution in [0.2, 0.25) is 0 Å². The quantitative estimate of drug-likeness (QED) is 0.671. The fourth-order valence-electron chi connectivity index (χ4n) is 2.61. The van der Waals surface area contributed by atoms with Crippen molar-refractivity contribution in [3.05, 3.63) is 65.3 Å². The molecule has 0 unspecified atom stereocenters. The van der Waals surface area contributed by atoms with Gasteiger partial charge in [0, 0.05) is 18.7 Å². The third-order valence-electron chi connectivity index (χ3n) is 3.81. The zero-order valence-corrected chi connectivity index (χ0v) is 13.5. The molecule has 0 saturated carbocycles. The normalized spacial score (nSPS) is 11.3. The van der Waals surface area contributed by atoms with Crippen molar-refractivity contribution in [2.24, 2.45) is 0 Å². The molecule has 0 fully saturated rings. The summed E-state index contributed by atoms with van der Waals surface area (Å²) in [6, 6.07) is 10.3. The van der Waals surface area contributed by atoms with Crippen molar-refractivity contribution >= 4 is 0 Å². The lowest BCUT2D eigenvalue weighted by atomic mass is 10.2. The average Bonchev–Trinajstić information content (AvgIpc) is 3.18. The predicted molar refractivity (Wildman–Crippen MR) is 86.6 cm³/mol. The Morgan fingerprint density at radius 1 is 1.17 bits per heavy atom. The van der Waals surface area contributed by atoms with Gasteiger partial charge >= 0.3 is 0 Å². The average molecular weight is 311 g/mol. The third-order valence-corrected chi connectivity index (χ3v) is 3.81. The van der Waals surface area contributed by atoms with Crippen LogP contribution in [-0.4, -0.2) is 32.1 Å². The number of aromatic nitrogens is 4. The molecule has 0 bridgehead atoms. The first-order valence-corrected chi connectivity index (χ1v) is 7.78. The zero-order valence-electron chi connectivity index (χ0n) is 13.5. The van der Waals surface area contributed by atoms with E-state index >= 15 is 0 Å². The fraction of sp³-hybridized carbons (Fsp3) is 0.353. The van der Waals surface area contributed by atoms with E-state index in [1.807, 2.05) is 29.1 Å². The van der Waals surface area contributed by atoms with Gasteiger partial charge in [0.15, 0.2) is 0 Å². The van der Waals surface area contributed by atoms with E-state index in [0.29, 0.717) is 0 Å². The highest BCUT2D eigenvalue weighted by Crippen LogP contribution is 2.12. The van der Waals surface area contributed by atoms with E-state index in [1.54, 1.807) is 6.26 Å². The van der Waals surface area contributed by atoms with Crippen LogP contribution in [0.1, 0.15) is 29.4 Å². The lowest BCUT2D eigenvalue weighted by Crippen LogP contribution is -2.20. The molecule has 0 aliphatic rings. The van der Waals surface area contributed by atoms with E-state index in [4.69, 9.17) is 4.52 Å². The number of rotatable bonds is 7. The SMILES string of the molecule is CCc1nocc1CN(C)Cc1cnnn1Cc1ccccc1. The molecule has 0 amide bonds. The Labute approximate surface area is 135 Å². The molecule has 6 heteroatoms. The topological polar surface area (TPSA) is 60.0 Å². The van der Waals surface area contributed by atoms with E-state index in [-0.39, 0.29) is 0 Å². The monoisotopic (exact) mass is 311 g/mol. The summed E-state index contributed by atoms with van der Waals surface area (Å²) in [5.74, 6) is 0. The number of hydrogen-bond acceptors (Lipinski definition) is 5. The highest BCUT2D eigenvalue weighted by atomic mass is 16.5. The highest BCUT2D eigenvalue weighted by molar-refractivity contribution is 5.16. The minimum atomic E-state index is 0.734. The van der Waals surface area contributed by atoms with Crippen LogP contribution in [0.5, 0.6) is 0 Å². The number of benzene rings is 1. The van der Waals surface area contributed by atoms with Crippen molar-refractivity contribution in [2.75, 3.05) is 7.05 Å². The second-order valence-electron chi connectivity index (χ2n) is 5.68. The first kappa shape index (κ1) is 15.4. The van der Waals surface area contributed by atoms with E-state index in [0.717, 1.165) is 43.0 Å². The summed E-state index contributed by atoms with van der Waals surface area (Å²) in [5.41, 5.74) is 4.46. The van der Waals surface area contributed by atoms with Gasteiger partial charge in [-0.25, -0.2) is 4.68 Å². The van der Waals surface area contributed by atoms with E-state index in [2.05, 4.69) is 46.5 Å². The molecule has 0 N–H and O–H groups in total. The van der Waals surface area contributed by atoms with Gasteiger partial charge in [-0.05, 0) is 19.0 Å². The third kappa shape index (κ3) is 3.84. The molecule has 3 rings (SSSR count). The fourth-order valence-corrected chi connectivity index (χ4v) is 2.61. The van der Waals surface area contributed by atoms with Crippen LogP contribution in [0.15, 0.2) is 47.3 Å². The maximum absolute atomic E-state index is 5.07. The lowest BCUT2D eigenvalue weighted by molar-refractivity contribution is 0.306. The van der Waals surface area contributed by atoms with Gasteiger partial charge in [0.2, 0.25) is 0 Å². The molecular formula is C17H21N5O. The maximum atomic E-state index is 5.07. The van der Waals surface area contributed by atoms with Crippen molar-refractivity contribution in [3.63, 3.8) is 0 Å². The maximum Gasteiger partial charge on any atom is 0.128 e. The van der Waals surface area contributed by atoms with Gasteiger partial charge in [0.05, 0.1) is 24.1 Å². The Bertz CT molecular complexity index is 734. The predicted octanol–water partition coefficient (Wildman–Crippen LogP) is 2.51. The molecular weight excluding hydrogens is 290 g/mol. The van der Waals surface area contributed by atoms with Crippen LogP contribution in [0, 0.1) is 0 Å². The minimum absolute atomic E-state index is 0.734. The molecule has 3 aromatic rings. The Balaban J connectivity index is 1.65. The van der Waals surface area contributed by atoms with Crippen LogP contribution in [0.4, 0.5) is 0 Å². The van der Waals surface area contributed by atoms with Crippen LogP contribution < -0.4 is 0 Å². The molecule has 0 spiro atoms. The minimum Gasteiger partial charge on any atom is -0.364 e. The molecule has 23 heavy (non-hydrogen) atoms. The molecule has 2 aromatic heterocycles. The smallest absolute Gasteiger partial charge is 0.128 e. The Kier molecular flexibility index (Phi) is 4.83. The van der Waals surface area contributed by atoms with Gasteiger partial charge < -0.3 is 4.52 Å². The lowest BCUT2D eigenvalue weighted by Gasteiger charge is -2.16. The molecule has 0 aliphatic carbocycles. The van der Waals surface area contributed by atoms with Crippen LogP contribution in [0.3, 0.4) is 0 Å². The summed E-state index contributed by atoms with van der Waals surface area (Å²) in [5, 5.41) is 12.3. The summed E-state index contributed by atoms with van der Waals surface area (Å²) in [7, 11) is 2.08. The van der Waals surface area contributed by atoms with Crippen molar-refractivity contribution < 1.29 is 4.52 Å². The molecule has 2 heterocycles. The van der Waals surface area contributed by atoms with E-state index in [1.165, 1.54) is 5.56 Å². The second-order valence-corrected chi connectivity index (χ2v) is 5.68. The van der Waals surface area contributed by atoms with Gasteiger partial charge in [-0.3, -0.25) is 4.90 Å². The van der Waals surface area contributed by atoms with Gasteiger partial charge in [0.1, 0.15) is 6.26 Å². The number of aryl methyl sites for hydroxylation is 1. The Hall–Kier alpha value is -2.47. The number of nitrogens with zero attached hydrogens (tertiary/aromatic N) is 5. The van der Waals surface area contributed by atoms with Crippen LogP contribution >= 0.6 is 0 Å². The summed E-state index contributed by atoms with van der Waals surface area (Å²) < 4.78 is 7.01. The second kappa shape index (κ2) is 7.19. The molecule has 1 aromatic carbocycles. The highest BCUT2D eigenvalue weighted by Gasteiger charge is 2.12. The van der Waals surface area contributed by atoms with Crippen molar-refractivity contribution in [2.45, 2.75) is 33.0 Å². The molecule has 0 saturated heterocycles. The van der Waals surface area contributed by atoms with Gasteiger partial charge in [-0.2, -0.15) is 0 Å². The van der Waals surface area contributed by atoms with Crippen molar-refractivity contribution in [1.82, 2.24) is 25.1 Å². The number of hydrogen-bond donors (Lipinski definition) is 0. The standard InChI is InChI=1S/C17H21N5O/c1-3-17-15(13-23-19-17)11-21(2)12-16-9-18-20-22(16)10-14-7-5-4-6-8-14/h4-9,13H,3,10-12H2,1-2H3. The summed E-state index contributed by atoms with van der Waals surface area (Å²) in [4.78, 5) is 2.21. The first-order valence-electron chi connectivity index (χ1n) is 7.78. The molecule has 0 aliphatic heterocycles. The van der Waals surface area contributed by atoms with Crippen molar-refractivity contribution in [3.8, 4) is 0 Å².